The standard InChI is InChI=1S/C25H33N7O4/c1-3-26-23-15-22-21(14-24(23)32(34)35)25(29-17-28-22)27-16-19-4-6-20(7-5-19)36-13-12-30-8-10-31(11-9-30)18(2)33/h4-7,14-15,17-18,26,33H,3,8-13,16H2,1-2H3,(H,27,28,29). The molecular weight excluding hydrogens is 462 g/mol. The lowest BCUT2D eigenvalue weighted by molar-refractivity contribution is -0.383. The van der Waals surface area contributed by atoms with E-state index in [4.69, 9.17) is 4.74 Å². The van der Waals surface area contributed by atoms with Gasteiger partial charge in [-0.15, -0.1) is 0 Å². The lowest BCUT2D eigenvalue weighted by atomic mass is 10.1. The van der Waals surface area contributed by atoms with Crippen LogP contribution in [0.1, 0.15) is 19.4 Å². The maximum Gasteiger partial charge on any atom is 0.293 e. The van der Waals surface area contributed by atoms with E-state index in [1.54, 1.807) is 13.0 Å². The third-order valence-electron chi connectivity index (χ3n) is 6.31. The number of nitro benzene ring substituents is 1. The van der Waals surface area contributed by atoms with Gasteiger partial charge in [0, 0.05) is 57.3 Å². The zero-order valence-corrected chi connectivity index (χ0v) is 20.7. The van der Waals surface area contributed by atoms with Crippen molar-refractivity contribution in [2.75, 3.05) is 56.5 Å². The van der Waals surface area contributed by atoms with Crippen LogP contribution in [0, 0.1) is 10.1 Å². The number of hydrogen-bond acceptors (Lipinski definition) is 10. The van der Waals surface area contributed by atoms with E-state index in [0.29, 0.717) is 42.1 Å². The number of aromatic nitrogens is 2. The Hall–Kier alpha value is -3.54. The van der Waals surface area contributed by atoms with Crippen molar-refractivity contribution in [2.24, 2.45) is 0 Å². The number of rotatable bonds is 11. The molecule has 1 unspecified atom stereocenters. The Morgan fingerprint density at radius 2 is 1.89 bits per heavy atom. The fraction of sp³-hybridized carbons (Fsp3) is 0.440. The lowest BCUT2D eigenvalue weighted by Crippen LogP contribution is -2.50. The third-order valence-corrected chi connectivity index (χ3v) is 6.31. The number of aliphatic hydroxyl groups is 1. The molecule has 0 amide bonds. The van der Waals surface area contributed by atoms with Gasteiger partial charge < -0.3 is 20.5 Å². The minimum absolute atomic E-state index is 0.00598. The summed E-state index contributed by atoms with van der Waals surface area (Å²) in [5.41, 5.74) is 2.10. The van der Waals surface area contributed by atoms with Crippen LogP contribution >= 0.6 is 0 Å². The minimum Gasteiger partial charge on any atom is -0.492 e. The van der Waals surface area contributed by atoms with E-state index in [9.17, 15) is 15.2 Å². The first-order chi connectivity index (χ1) is 17.4. The summed E-state index contributed by atoms with van der Waals surface area (Å²) in [7, 11) is 0. The van der Waals surface area contributed by atoms with Crippen molar-refractivity contribution in [1.29, 1.82) is 0 Å². The number of benzene rings is 2. The van der Waals surface area contributed by atoms with Crippen LogP contribution in [0.5, 0.6) is 5.75 Å². The molecule has 0 aliphatic carbocycles. The van der Waals surface area contributed by atoms with Crippen LogP contribution in [-0.2, 0) is 6.54 Å². The molecule has 3 N–H and O–H groups in total. The Balaban J connectivity index is 1.32. The average molecular weight is 496 g/mol. The molecule has 0 bridgehead atoms. The molecule has 11 nitrogen and oxygen atoms in total. The molecule has 0 radical (unpaired) electrons. The summed E-state index contributed by atoms with van der Waals surface area (Å²) in [6.07, 6.45) is 1.06. The van der Waals surface area contributed by atoms with Gasteiger partial charge in [-0.05, 0) is 37.6 Å². The van der Waals surface area contributed by atoms with Gasteiger partial charge in [0.15, 0.2) is 0 Å². The monoisotopic (exact) mass is 495 g/mol. The molecule has 11 heteroatoms. The summed E-state index contributed by atoms with van der Waals surface area (Å²) in [6.45, 7) is 9.81. The Morgan fingerprint density at radius 1 is 1.14 bits per heavy atom. The Labute approximate surface area is 210 Å². The smallest absolute Gasteiger partial charge is 0.293 e. The molecule has 36 heavy (non-hydrogen) atoms. The predicted octanol–water partition coefficient (Wildman–Crippen LogP) is 2.92. The first-order valence-corrected chi connectivity index (χ1v) is 12.2. The number of nitro groups is 1. The molecule has 1 atom stereocenters. The van der Waals surface area contributed by atoms with Crippen molar-refractivity contribution < 1.29 is 14.8 Å². The second-order valence-electron chi connectivity index (χ2n) is 8.75. The van der Waals surface area contributed by atoms with Gasteiger partial charge in [-0.2, -0.15) is 0 Å². The van der Waals surface area contributed by atoms with Crippen LogP contribution in [0.15, 0.2) is 42.7 Å². The number of fused-ring (bicyclic) bond motifs is 1. The number of anilines is 2. The molecule has 1 aliphatic heterocycles. The summed E-state index contributed by atoms with van der Waals surface area (Å²) >= 11 is 0. The molecular formula is C25H33N7O4. The number of aliphatic hydroxyl groups excluding tert-OH is 1. The average Bonchev–Trinajstić information content (AvgIpc) is 2.88. The van der Waals surface area contributed by atoms with E-state index in [0.717, 1.165) is 44.0 Å². The van der Waals surface area contributed by atoms with Gasteiger partial charge >= 0.3 is 0 Å². The maximum atomic E-state index is 11.5. The van der Waals surface area contributed by atoms with Crippen LogP contribution in [0.3, 0.4) is 0 Å². The first kappa shape index (κ1) is 25.5. The van der Waals surface area contributed by atoms with E-state index >= 15 is 0 Å². The van der Waals surface area contributed by atoms with Crippen LogP contribution < -0.4 is 15.4 Å². The van der Waals surface area contributed by atoms with Crippen molar-refractivity contribution in [2.45, 2.75) is 26.6 Å². The summed E-state index contributed by atoms with van der Waals surface area (Å²) in [5, 5.41) is 28.1. The van der Waals surface area contributed by atoms with E-state index in [1.165, 1.54) is 12.4 Å². The Morgan fingerprint density at radius 3 is 2.56 bits per heavy atom. The topological polar surface area (TPSA) is 129 Å². The fourth-order valence-electron chi connectivity index (χ4n) is 4.26. The zero-order chi connectivity index (χ0) is 25.5. The predicted molar refractivity (Wildman–Crippen MR) is 139 cm³/mol. The van der Waals surface area contributed by atoms with Gasteiger partial charge in [-0.3, -0.25) is 19.9 Å². The number of nitrogens with one attached hydrogen (secondary N) is 2. The van der Waals surface area contributed by atoms with Crippen LogP contribution in [0.4, 0.5) is 17.2 Å². The van der Waals surface area contributed by atoms with Gasteiger partial charge in [0.2, 0.25) is 0 Å². The van der Waals surface area contributed by atoms with Gasteiger partial charge in [-0.25, -0.2) is 9.97 Å². The van der Waals surface area contributed by atoms with Crippen molar-refractivity contribution in [3.05, 3.63) is 58.4 Å². The molecule has 3 aromatic rings. The van der Waals surface area contributed by atoms with Crippen molar-refractivity contribution in [3.63, 3.8) is 0 Å². The highest BCUT2D eigenvalue weighted by atomic mass is 16.6. The van der Waals surface area contributed by atoms with E-state index in [2.05, 4.69) is 30.4 Å². The molecule has 0 saturated carbocycles. The zero-order valence-electron chi connectivity index (χ0n) is 20.7. The quantitative estimate of drug-likeness (QED) is 0.270. The minimum atomic E-state index is -0.400. The number of hydrogen-bond donors (Lipinski definition) is 3. The Kier molecular flexibility index (Phi) is 8.47. The lowest BCUT2D eigenvalue weighted by Gasteiger charge is -2.35. The van der Waals surface area contributed by atoms with Gasteiger partial charge in [0.25, 0.3) is 5.69 Å². The number of nitrogens with zero attached hydrogens (tertiary/aromatic N) is 5. The van der Waals surface area contributed by atoms with Crippen LogP contribution in [-0.4, -0.2) is 81.9 Å². The molecule has 4 rings (SSSR count). The largest absolute Gasteiger partial charge is 0.492 e. The molecule has 1 fully saturated rings. The first-order valence-electron chi connectivity index (χ1n) is 12.2. The SMILES string of the molecule is CCNc1cc2ncnc(NCc3ccc(OCCN4CCN(C(C)O)CC4)cc3)c2cc1[N+](=O)[O-]. The van der Waals surface area contributed by atoms with Gasteiger partial charge in [-0.1, -0.05) is 12.1 Å². The van der Waals surface area contributed by atoms with Crippen molar-refractivity contribution in [1.82, 2.24) is 19.8 Å². The summed E-state index contributed by atoms with van der Waals surface area (Å²) < 4.78 is 5.91. The summed E-state index contributed by atoms with van der Waals surface area (Å²) in [4.78, 5) is 24.1. The van der Waals surface area contributed by atoms with E-state index in [1.807, 2.05) is 31.2 Å². The highest BCUT2D eigenvalue weighted by Gasteiger charge is 2.19. The molecule has 1 aliphatic rings. The normalized spacial score (nSPS) is 15.5. The number of ether oxygens (including phenoxy) is 1. The van der Waals surface area contributed by atoms with E-state index < -0.39 is 4.92 Å². The highest BCUT2D eigenvalue weighted by molar-refractivity contribution is 5.94. The second-order valence-corrected chi connectivity index (χ2v) is 8.75. The van der Waals surface area contributed by atoms with E-state index in [-0.39, 0.29) is 11.9 Å². The summed E-state index contributed by atoms with van der Waals surface area (Å²) in [5.74, 6) is 1.35. The van der Waals surface area contributed by atoms with Crippen LogP contribution in [0.2, 0.25) is 0 Å². The maximum absolute atomic E-state index is 11.5. The molecule has 1 aromatic heterocycles. The highest BCUT2D eigenvalue weighted by Crippen LogP contribution is 2.32. The number of piperazine rings is 1. The Bertz CT molecular complexity index is 1170. The molecule has 0 spiro atoms. The molecule has 2 aromatic carbocycles. The van der Waals surface area contributed by atoms with Crippen molar-refractivity contribution in [3.8, 4) is 5.75 Å². The van der Waals surface area contributed by atoms with Gasteiger partial charge in [0.05, 0.1) is 10.4 Å². The van der Waals surface area contributed by atoms with Crippen LogP contribution in [0.25, 0.3) is 10.9 Å². The second kappa shape index (κ2) is 11.9. The van der Waals surface area contributed by atoms with Crippen molar-refractivity contribution >= 4 is 28.1 Å². The summed E-state index contributed by atoms with van der Waals surface area (Å²) in [6, 6.07) is 11.0. The molecule has 2 heterocycles. The third kappa shape index (κ3) is 6.36. The molecule has 192 valence electrons. The van der Waals surface area contributed by atoms with Gasteiger partial charge in [0.1, 0.15) is 36.4 Å². The fourth-order valence-corrected chi connectivity index (χ4v) is 4.26. The molecule has 1 saturated heterocycles.